The summed E-state index contributed by atoms with van der Waals surface area (Å²) in [5.74, 6) is -1.62. The summed E-state index contributed by atoms with van der Waals surface area (Å²) in [6.45, 7) is 0.0714. The van der Waals surface area contributed by atoms with Crippen LogP contribution in [0, 0.1) is 5.92 Å². The minimum absolute atomic E-state index is 0.0541. The van der Waals surface area contributed by atoms with E-state index in [1.54, 1.807) is 0 Å². The maximum Gasteiger partial charge on any atom is 0.302 e. The van der Waals surface area contributed by atoms with Gasteiger partial charge in [0, 0.05) is 18.9 Å². The van der Waals surface area contributed by atoms with Crippen LogP contribution in [-0.4, -0.2) is 26.6 Å². The van der Waals surface area contributed by atoms with Crippen LogP contribution in [0.5, 0.6) is 0 Å². The third-order valence-corrected chi connectivity index (χ3v) is 4.50. The number of nitrogens with two attached hydrogens (primary N) is 1. The molecule has 0 aliphatic carbocycles. The molecule has 9 heteroatoms. The number of nitrogen functional groups attached to an aromatic ring is 1. The first-order chi connectivity index (χ1) is 9.17. The Morgan fingerprint density at radius 1 is 1.35 bits per heavy atom. The van der Waals surface area contributed by atoms with Crippen molar-refractivity contribution in [1.82, 2.24) is 0 Å². The van der Waals surface area contributed by atoms with E-state index >= 15 is 0 Å². The van der Waals surface area contributed by atoms with Gasteiger partial charge >= 0.3 is 10.2 Å². The van der Waals surface area contributed by atoms with Crippen LogP contribution in [0.1, 0.15) is 6.42 Å². The van der Waals surface area contributed by atoms with Crippen molar-refractivity contribution < 1.29 is 17.1 Å². The van der Waals surface area contributed by atoms with Gasteiger partial charge in [-0.05, 0) is 12.1 Å². The van der Waals surface area contributed by atoms with Gasteiger partial charge in [-0.25, -0.2) is 0 Å². The topological polar surface area (TPSA) is 80.5 Å². The zero-order chi connectivity index (χ0) is 15.1. The molecule has 0 saturated carbocycles. The number of benzene rings is 1. The molecule has 5 nitrogen and oxygen atoms in total. The molecule has 0 spiro atoms. The lowest BCUT2D eigenvalue weighted by molar-refractivity contribution is -0.117. The van der Waals surface area contributed by atoms with Crippen LogP contribution >= 0.6 is 23.2 Å². The average Bonchev–Trinajstić information content (AvgIpc) is 2.62. The third-order valence-electron chi connectivity index (χ3n) is 3.00. The fourth-order valence-corrected chi connectivity index (χ4v) is 3.38. The van der Waals surface area contributed by atoms with Crippen molar-refractivity contribution in [3.05, 3.63) is 22.2 Å². The molecule has 20 heavy (non-hydrogen) atoms. The molecule has 0 aromatic heterocycles. The molecule has 1 fully saturated rings. The minimum atomic E-state index is -4.62. The Morgan fingerprint density at radius 2 is 2.00 bits per heavy atom. The molecule has 2 rings (SSSR count). The highest BCUT2D eigenvalue weighted by Gasteiger charge is 2.34. The maximum atomic E-state index is 12.7. The largest absolute Gasteiger partial charge is 0.397 e. The fourth-order valence-electron chi connectivity index (χ4n) is 2.17. The number of carbonyl (C=O) groups excluding carboxylic acids is 1. The molecule has 1 atom stereocenters. The van der Waals surface area contributed by atoms with E-state index in [2.05, 4.69) is 0 Å². The highest BCUT2D eigenvalue weighted by atomic mass is 35.5. The number of amides is 1. The minimum Gasteiger partial charge on any atom is -0.397 e. The Hall–Kier alpha value is -1.05. The SMILES string of the molecule is Nc1cc(Cl)c(N2CC(CS(=O)(=O)F)CC2=O)cc1Cl. The van der Waals surface area contributed by atoms with Gasteiger partial charge in [0.2, 0.25) is 5.91 Å². The first kappa shape index (κ1) is 15.3. The summed E-state index contributed by atoms with van der Waals surface area (Å²) in [6.07, 6.45) is -0.0541. The molecular weight excluding hydrogens is 330 g/mol. The molecular formula is C11H11Cl2FN2O3S. The number of rotatable bonds is 3. The summed E-state index contributed by atoms with van der Waals surface area (Å²) in [6, 6.07) is 2.84. The van der Waals surface area contributed by atoms with Crippen molar-refractivity contribution in [2.24, 2.45) is 5.92 Å². The molecule has 0 bridgehead atoms. The molecule has 1 amide bonds. The molecule has 1 aliphatic rings. The van der Waals surface area contributed by atoms with E-state index < -0.39 is 21.9 Å². The summed E-state index contributed by atoms with van der Waals surface area (Å²) in [7, 11) is -4.62. The van der Waals surface area contributed by atoms with Crippen molar-refractivity contribution in [3.8, 4) is 0 Å². The summed E-state index contributed by atoms with van der Waals surface area (Å²) >= 11 is 11.9. The quantitative estimate of drug-likeness (QED) is 0.675. The van der Waals surface area contributed by atoms with E-state index in [1.165, 1.54) is 17.0 Å². The lowest BCUT2D eigenvalue weighted by Crippen LogP contribution is -2.25. The van der Waals surface area contributed by atoms with Crippen LogP contribution in [0.25, 0.3) is 0 Å². The lowest BCUT2D eigenvalue weighted by atomic mass is 10.1. The predicted molar refractivity (Wildman–Crippen MR) is 76.2 cm³/mol. The predicted octanol–water partition coefficient (Wildman–Crippen LogP) is 2.23. The van der Waals surface area contributed by atoms with Gasteiger partial charge in [0.05, 0.1) is 27.2 Å². The average molecular weight is 341 g/mol. The van der Waals surface area contributed by atoms with Crippen molar-refractivity contribution in [1.29, 1.82) is 0 Å². The van der Waals surface area contributed by atoms with Crippen molar-refractivity contribution >= 4 is 50.7 Å². The lowest BCUT2D eigenvalue weighted by Gasteiger charge is -2.19. The number of anilines is 2. The van der Waals surface area contributed by atoms with Gasteiger partial charge in [-0.3, -0.25) is 4.79 Å². The van der Waals surface area contributed by atoms with Gasteiger partial charge in [-0.1, -0.05) is 23.2 Å². The van der Waals surface area contributed by atoms with E-state index in [0.29, 0.717) is 5.69 Å². The normalized spacial score (nSPS) is 19.6. The van der Waals surface area contributed by atoms with Gasteiger partial charge in [0.15, 0.2) is 0 Å². The molecule has 1 aliphatic heterocycles. The van der Waals surface area contributed by atoms with Gasteiger partial charge < -0.3 is 10.6 Å². The number of halogens is 3. The van der Waals surface area contributed by atoms with Gasteiger partial charge in [-0.15, -0.1) is 3.89 Å². The van der Waals surface area contributed by atoms with Crippen LogP contribution in [0.3, 0.4) is 0 Å². The highest BCUT2D eigenvalue weighted by molar-refractivity contribution is 7.86. The molecule has 0 radical (unpaired) electrons. The number of nitrogens with zero attached hydrogens (tertiary/aromatic N) is 1. The smallest absolute Gasteiger partial charge is 0.302 e. The first-order valence-corrected chi connectivity index (χ1v) is 7.95. The van der Waals surface area contributed by atoms with Crippen LogP contribution in [0.4, 0.5) is 15.3 Å². The Balaban J connectivity index is 2.26. The van der Waals surface area contributed by atoms with Gasteiger partial charge in [0.25, 0.3) is 0 Å². The molecule has 1 unspecified atom stereocenters. The van der Waals surface area contributed by atoms with Crippen LogP contribution in [-0.2, 0) is 15.0 Å². The Bertz CT molecular complexity index is 666. The maximum absolute atomic E-state index is 12.7. The second kappa shape index (κ2) is 5.38. The molecule has 1 aromatic carbocycles. The molecule has 1 heterocycles. The zero-order valence-corrected chi connectivity index (χ0v) is 12.5. The monoisotopic (exact) mass is 340 g/mol. The van der Waals surface area contributed by atoms with Crippen LogP contribution in [0.15, 0.2) is 12.1 Å². The summed E-state index contributed by atoms with van der Waals surface area (Å²) < 4.78 is 34.0. The van der Waals surface area contributed by atoms with Gasteiger partial charge in [-0.2, -0.15) is 8.42 Å². The second-order valence-electron chi connectivity index (χ2n) is 4.61. The van der Waals surface area contributed by atoms with Crippen LogP contribution in [0.2, 0.25) is 10.0 Å². The Labute approximate surface area is 125 Å². The number of hydrogen-bond acceptors (Lipinski definition) is 4. The molecule has 1 aromatic rings. The molecule has 2 N–H and O–H groups in total. The van der Waals surface area contributed by atoms with E-state index in [9.17, 15) is 17.1 Å². The van der Waals surface area contributed by atoms with Crippen molar-refractivity contribution in [3.63, 3.8) is 0 Å². The van der Waals surface area contributed by atoms with Gasteiger partial charge in [0.1, 0.15) is 0 Å². The first-order valence-electron chi connectivity index (χ1n) is 5.64. The molecule has 110 valence electrons. The summed E-state index contributed by atoms with van der Waals surface area (Å²) in [5, 5.41) is 0.461. The Kier molecular flexibility index (Phi) is 4.13. The Morgan fingerprint density at radius 3 is 2.60 bits per heavy atom. The summed E-state index contributed by atoms with van der Waals surface area (Å²) in [5.41, 5.74) is 6.20. The molecule has 1 saturated heterocycles. The fraction of sp³-hybridized carbons (Fsp3) is 0.364. The van der Waals surface area contributed by atoms with E-state index in [4.69, 9.17) is 28.9 Å². The van der Waals surface area contributed by atoms with E-state index in [-0.39, 0.29) is 34.6 Å². The number of hydrogen-bond donors (Lipinski definition) is 1. The summed E-state index contributed by atoms with van der Waals surface area (Å²) in [4.78, 5) is 13.2. The number of carbonyl (C=O) groups is 1. The standard InChI is InChI=1S/C11H11Cl2FN2O3S/c12-7-3-10(8(13)2-9(7)15)16-4-6(1-11(16)17)5-20(14,18)19/h2-3,6H,1,4-5,15H2. The highest BCUT2D eigenvalue weighted by Crippen LogP contribution is 2.36. The van der Waals surface area contributed by atoms with Crippen LogP contribution < -0.4 is 10.6 Å². The van der Waals surface area contributed by atoms with Crippen molar-refractivity contribution in [2.45, 2.75) is 6.42 Å². The third kappa shape index (κ3) is 3.34. The zero-order valence-electron chi connectivity index (χ0n) is 10.1. The van der Waals surface area contributed by atoms with E-state index in [0.717, 1.165) is 0 Å². The second-order valence-corrected chi connectivity index (χ2v) is 6.83. The van der Waals surface area contributed by atoms with Crippen molar-refractivity contribution in [2.75, 3.05) is 22.9 Å². The van der Waals surface area contributed by atoms with E-state index in [1.807, 2.05) is 0 Å².